The molecule has 0 amide bonds. The highest BCUT2D eigenvalue weighted by Crippen LogP contribution is 2.45. The van der Waals surface area contributed by atoms with Crippen LogP contribution in [0.15, 0.2) is 146 Å². The summed E-state index contributed by atoms with van der Waals surface area (Å²) >= 11 is 0. The van der Waals surface area contributed by atoms with Crippen molar-refractivity contribution in [2.45, 2.75) is 0 Å². The van der Waals surface area contributed by atoms with Crippen LogP contribution in [-0.2, 0) is 0 Å². The molecule has 2 heteroatoms. The van der Waals surface area contributed by atoms with E-state index >= 15 is 0 Å². The van der Waals surface area contributed by atoms with Crippen LogP contribution in [0.1, 0.15) is 0 Å². The zero-order chi connectivity index (χ0) is 25.9. The fourth-order valence-corrected chi connectivity index (χ4v) is 4.95. The predicted molar refractivity (Wildman–Crippen MR) is 157 cm³/mol. The van der Waals surface area contributed by atoms with E-state index in [0.717, 1.165) is 55.6 Å². The van der Waals surface area contributed by atoms with E-state index in [4.69, 9.17) is 0 Å². The second-order valence-corrected chi connectivity index (χ2v) is 9.30. The molecule has 0 heterocycles. The summed E-state index contributed by atoms with van der Waals surface area (Å²) in [4.78, 5) is 0. The smallest absolute Gasteiger partial charge is 0.131 e. The second-order valence-electron chi connectivity index (χ2n) is 9.30. The van der Waals surface area contributed by atoms with Crippen LogP contribution in [0.4, 0.5) is 0 Å². The molecule has 0 aliphatic heterocycles. The molecule has 182 valence electrons. The maximum absolute atomic E-state index is 11.4. The number of phenols is 2. The molecule has 38 heavy (non-hydrogen) atoms. The molecular formula is C36H26O2. The summed E-state index contributed by atoms with van der Waals surface area (Å²) in [6.07, 6.45) is 0. The maximum Gasteiger partial charge on any atom is 0.131 e. The molecule has 0 bridgehead atoms. The number of aromatic hydroxyl groups is 2. The zero-order valence-electron chi connectivity index (χ0n) is 20.8. The quantitative estimate of drug-likeness (QED) is 0.253. The Hall–Kier alpha value is -5.08. The number of rotatable bonds is 5. The van der Waals surface area contributed by atoms with Crippen LogP contribution in [0, 0.1) is 0 Å². The molecule has 0 aliphatic rings. The van der Waals surface area contributed by atoms with Gasteiger partial charge in [0, 0.05) is 22.3 Å². The van der Waals surface area contributed by atoms with Crippen molar-refractivity contribution < 1.29 is 10.2 Å². The van der Waals surface area contributed by atoms with Crippen LogP contribution in [0.2, 0.25) is 0 Å². The lowest BCUT2D eigenvalue weighted by Crippen LogP contribution is -1.91. The van der Waals surface area contributed by atoms with E-state index in [1.54, 1.807) is 0 Å². The fourth-order valence-electron chi connectivity index (χ4n) is 4.95. The molecule has 0 fully saturated rings. The molecule has 0 saturated carbocycles. The van der Waals surface area contributed by atoms with Crippen LogP contribution in [-0.4, -0.2) is 10.2 Å². The third kappa shape index (κ3) is 4.44. The molecule has 2 nitrogen and oxygen atoms in total. The van der Waals surface area contributed by atoms with Gasteiger partial charge >= 0.3 is 0 Å². The van der Waals surface area contributed by atoms with Gasteiger partial charge in [0.2, 0.25) is 0 Å². The van der Waals surface area contributed by atoms with Gasteiger partial charge in [0.1, 0.15) is 11.5 Å². The number of phenolic OH excluding ortho intramolecular Hbond substituents is 2. The molecule has 0 radical (unpaired) electrons. The number of hydrogen-bond donors (Lipinski definition) is 2. The molecule has 0 saturated heterocycles. The van der Waals surface area contributed by atoms with E-state index < -0.39 is 0 Å². The lowest BCUT2D eigenvalue weighted by atomic mass is 9.88. The Labute approximate surface area is 222 Å². The zero-order valence-corrected chi connectivity index (χ0v) is 20.8. The third-order valence-electron chi connectivity index (χ3n) is 6.89. The van der Waals surface area contributed by atoms with Gasteiger partial charge in [-0.05, 0) is 57.6 Å². The molecule has 0 aliphatic carbocycles. The van der Waals surface area contributed by atoms with Gasteiger partial charge in [-0.1, -0.05) is 121 Å². The van der Waals surface area contributed by atoms with E-state index in [-0.39, 0.29) is 11.5 Å². The van der Waals surface area contributed by atoms with Crippen molar-refractivity contribution in [3.63, 3.8) is 0 Å². The SMILES string of the molecule is Oc1c(-c2ccccc2)cc(-c2cc(-c3ccccc3)c(O)c(-c3ccccc3)c2)cc1-c1ccccc1. The van der Waals surface area contributed by atoms with Crippen LogP contribution >= 0.6 is 0 Å². The minimum absolute atomic E-state index is 0.247. The van der Waals surface area contributed by atoms with Gasteiger partial charge in [-0.25, -0.2) is 0 Å². The molecule has 6 aromatic rings. The van der Waals surface area contributed by atoms with Crippen LogP contribution in [0.3, 0.4) is 0 Å². The summed E-state index contributed by atoms with van der Waals surface area (Å²) in [5, 5.41) is 22.9. The second kappa shape index (κ2) is 10.1. The first-order valence-corrected chi connectivity index (χ1v) is 12.6. The van der Waals surface area contributed by atoms with Gasteiger partial charge < -0.3 is 10.2 Å². The average molecular weight is 491 g/mol. The first kappa shape index (κ1) is 23.3. The lowest BCUT2D eigenvalue weighted by Gasteiger charge is -2.17. The normalized spacial score (nSPS) is 10.8. The van der Waals surface area contributed by atoms with Gasteiger partial charge in [0.05, 0.1) is 0 Å². The van der Waals surface area contributed by atoms with Crippen LogP contribution in [0.25, 0.3) is 55.6 Å². The summed E-state index contributed by atoms with van der Waals surface area (Å²) in [6.45, 7) is 0. The van der Waals surface area contributed by atoms with Crippen LogP contribution < -0.4 is 0 Å². The predicted octanol–water partition coefficient (Wildman–Crippen LogP) is 9.43. The average Bonchev–Trinajstić information content (AvgIpc) is 2.99. The molecule has 0 aromatic heterocycles. The van der Waals surface area contributed by atoms with Crippen molar-refractivity contribution in [2.24, 2.45) is 0 Å². The van der Waals surface area contributed by atoms with E-state index in [0.29, 0.717) is 0 Å². The Balaban J connectivity index is 1.64. The van der Waals surface area contributed by atoms with Gasteiger partial charge in [-0.15, -0.1) is 0 Å². The molecule has 0 unspecified atom stereocenters. The molecular weight excluding hydrogens is 464 g/mol. The highest BCUT2D eigenvalue weighted by molar-refractivity contribution is 5.92. The molecule has 0 spiro atoms. The first-order valence-electron chi connectivity index (χ1n) is 12.6. The van der Waals surface area contributed by atoms with Gasteiger partial charge in [0.25, 0.3) is 0 Å². The Morgan fingerprint density at radius 3 is 0.684 bits per heavy atom. The molecule has 0 atom stereocenters. The van der Waals surface area contributed by atoms with Crippen molar-refractivity contribution in [3.8, 4) is 67.1 Å². The van der Waals surface area contributed by atoms with Crippen molar-refractivity contribution in [1.82, 2.24) is 0 Å². The van der Waals surface area contributed by atoms with Crippen LogP contribution in [0.5, 0.6) is 11.5 Å². The minimum atomic E-state index is 0.247. The summed E-state index contributed by atoms with van der Waals surface area (Å²) in [5.74, 6) is 0.494. The number of benzene rings is 6. The number of hydrogen-bond acceptors (Lipinski definition) is 2. The Morgan fingerprint density at radius 2 is 0.474 bits per heavy atom. The molecule has 2 N–H and O–H groups in total. The Morgan fingerprint density at radius 1 is 0.263 bits per heavy atom. The Bertz CT molecular complexity index is 1440. The highest BCUT2D eigenvalue weighted by atomic mass is 16.3. The van der Waals surface area contributed by atoms with E-state index in [1.165, 1.54) is 0 Å². The first-order chi connectivity index (χ1) is 18.7. The topological polar surface area (TPSA) is 40.5 Å². The summed E-state index contributed by atoms with van der Waals surface area (Å²) in [5.41, 5.74) is 8.71. The minimum Gasteiger partial charge on any atom is -0.507 e. The summed E-state index contributed by atoms with van der Waals surface area (Å²) in [6, 6.07) is 47.9. The molecule has 6 aromatic carbocycles. The van der Waals surface area contributed by atoms with Crippen molar-refractivity contribution in [2.75, 3.05) is 0 Å². The largest absolute Gasteiger partial charge is 0.507 e. The van der Waals surface area contributed by atoms with Gasteiger partial charge in [-0.2, -0.15) is 0 Å². The van der Waals surface area contributed by atoms with Gasteiger partial charge in [-0.3, -0.25) is 0 Å². The van der Waals surface area contributed by atoms with E-state index in [1.807, 2.05) is 146 Å². The highest BCUT2D eigenvalue weighted by Gasteiger charge is 2.18. The lowest BCUT2D eigenvalue weighted by molar-refractivity contribution is 0.478. The van der Waals surface area contributed by atoms with E-state index in [2.05, 4.69) is 0 Å². The fraction of sp³-hybridized carbons (Fsp3) is 0. The summed E-state index contributed by atoms with van der Waals surface area (Å²) in [7, 11) is 0. The third-order valence-corrected chi connectivity index (χ3v) is 6.89. The molecule has 6 rings (SSSR count). The Kier molecular flexibility index (Phi) is 6.21. The van der Waals surface area contributed by atoms with Gasteiger partial charge in [0.15, 0.2) is 0 Å². The standard InChI is InChI=1S/C36H26O2/c37-35-31(25-13-5-1-6-14-25)21-29(22-32(35)26-15-7-2-8-16-26)30-23-33(27-17-9-3-10-18-27)36(38)34(24-30)28-19-11-4-12-20-28/h1-24,37-38H. The maximum atomic E-state index is 11.4. The van der Waals surface area contributed by atoms with E-state index in [9.17, 15) is 10.2 Å². The van der Waals surface area contributed by atoms with Crippen molar-refractivity contribution in [3.05, 3.63) is 146 Å². The van der Waals surface area contributed by atoms with Crippen molar-refractivity contribution in [1.29, 1.82) is 0 Å². The van der Waals surface area contributed by atoms with Crippen molar-refractivity contribution >= 4 is 0 Å². The monoisotopic (exact) mass is 490 g/mol. The summed E-state index contributed by atoms with van der Waals surface area (Å²) < 4.78 is 0.